The molecule has 0 saturated carbocycles. The van der Waals surface area contributed by atoms with Crippen LogP contribution in [0.25, 0.3) is 0 Å². The normalized spacial score (nSPS) is 13.2. The highest BCUT2D eigenvalue weighted by atomic mass is 31.2. The van der Waals surface area contributed by atoms with Crippen LogP contribution in [0.1, 0.15) is 412 Å². The molecule has 10 heteroatoms. The van der Waals surface area contributed by atoms with Crippen molar-refractivity contribution in [1.29, 1.82) is 0 Å². The molecule has 90 heavy (non-hydrogen) atoms. The van der Waals surface area contributed by atoms with Crippen LogP contribution in [0.15, 0.2) is 36.5 Å². The largest absolute Gasteiger partial charge is 0.472 e. The number of carbonyl (C=O) groups is 2. The number of likely N-dealkylation sites (N-methyl/N-ethyl adjacent to an activating group) is 1. The molecule has 2 atom stereocenters. The molecular weight excluding hydrogens is 1130 g/mol. The quantitative estimate of drug-likeness (QED) is 0.0211. The van der Waals surface area contributed by atoms with Crippen LogP contribution in [0.5, 0.6) is 0 Å². The van der Waals surface area contributed by atoms with Crippen molar-refractivity contribution in [1.82, 2.24) is 0 Å². The third kappa shape index (κ3) is 75.3. The molecule has 0 saturated heterocycles. The molecule has 0 radical (unpaired) electrons. The number of quaternary nitrogens is 1. The molecule has 0 amide bonds. The maximum Gasteiger partial charge on any atom is 0.472 e. The summed E-state index contributed by atoms with van der Waals surface area (Å²) in [4.78, 5) is 36.0. The van der Waals surface area contributed by atoms with E-state index in [0.717, 1.165) is 44.9 Å². The highest BCUT2D eigenvalue weighted by Crippen LogP contribution is 2.43. The van der Waals surface area contributed by atoms with Crippen molar-refractivity contribution in [3.05, 3.63) is 36.5 Å². The number of carbonyl (C=O) groups excluding carboxylic acids is 2. The Hall–Kier alpha value is -1.77. The van der Waals surface area contributed by atoms with Gasteiger partial charge in [-0.15, -0.1) is 0 Å². The molecule has 0 fully saturated rings. The van der Waals surface area contributed by atoms with Crippen LogP contribution in [0.3, 0.4) is 0 Å². The summed E-state index contributed by atoms with van der Waals surface area (Å²) in [6.45, 7) is 4.51. The summed E-state index contributed by atoms with van der Waals surface area (Å²) in [7, 11) is 1.50. The Labute approximate surface area is 561 Å². The Morgan fingerprint density at radius 2 is 0.600 bits per heavy atom. The van der Waals surface area contributed by atoms with Crippen molar-refractivity contribution in [2.24, 2.45) is 0 Å². The van der Waals surface area contributed by atoms with E-state index in [1.165, 1.54) is 334 Å². The Morgan fingerprint density at radius 1 is 0.344 bits per heavy atom. The highest BCUT2D eigenvalue weighted by molar-refractivity contribution is 7.47. The van der Waals surface area contributed by atoms with Gasteiger partial charge in [0.25, 0.3) is 0 Å². The molecule has 0 spiro atoms. The molecule has 0 rings (SSSR count). The zero-order valence-electron chi connectivity index (χ0n) is 60.9. The van der Waals surface area contributed by atoms with Gasteiger partial charge in [0.15, 0.2) is 6.10 Å². The van der Waals surface area contributed by atoms with E-state index in [1.54, 1.807) is 0 Å². The van der Waals surface area contributed by atoms with Gasteiger partial charge >= 0.3 is 19.8 Å². The summed E-state index contributed by atoms with van der Waals surface area (Å²) >= 11 is 0. The van der Waals surface area contributed by atoms with Crippen LogP contribution in [0, 0.1) is 0 Å². The smallest absolute Gasteiger partial charge is 0.462 e. The summed E-state index contributed by atoms with van der Waals surface area (Å²) in [5.74, 6) is -0.772. The molecular formula is C80H155NO8P+. The molecule has 532 valence electrons. The van der Waals surface area contributed by atoms with Gasteiger partial charge in [0.2, 0.25) is 0 Å². The number of hydrogen-bond acceptors (Lipinski definition) is 7. The van der Waals surface area contributed by atoms with Crippen LogP contribution in [-0.4, -0.2) is 74.9 Å². The lowest BCUT2D eigenvalue weighted by Gasteiger charge is -2.24. The number of esters is 2. The zero-order valence-corrected chi connectivity index (χ0v) is 61.8. The van der Waals surface area contributed by atoms with E-state index in [1.807, 2.05) is 21.1 Å². The van der Waals surface area contributed by atoms with E-state index in [4.69, 9.17) is 18.5 Å². The molecule has 0 aromatic rings. The summed E-state index contributed by atoms with van der Waals surface area (Å²) in [6.07, 6.45) is 92.9. The molecule has 0 aliphatic carbocycles. The molecule has 0 aromatic heterocycles. The number of phosphoric acid groups is 1. The first-order chi connectivity index (χ1) is 44.0. The van der Waals surface area contributed by atoms with Gasteiger partial charge in [-0.05, 0) is 51.4 Å². The lowest BCUT2D eigenvalue weighted by atomic mass is 10.0. The van der Waals surface area contributed by atoms with Crippen LogP contribution >= 0.6 is 7.82 Å². The molecule has 1 N–H and O–H groups in total. The lowest BCUT2D eigenvalue weighted by molar-refractivity contribution is -0.870. The molecule has 9 nitrogen and oxygen atoms in total. The number of hydrogen-bond donors (Lipinski definition) is 1. The van der Waals surface area contributed by atoms with E-state index >= 15 is 0 Å². The Bertz CT molecular complexity index is 1610. The van der Waals surface area contributed by atoms with E-state index in [0.29, 0.717) is 23.9 Å². The molecule has 0 aliphatic heterocycles. The van der Waals surface area contributed by atoms with E-state index in [2.05, 4.69) is 50.3 Å². The predicted octanol–water partition coefficient (Wildman–Crippen LogP) is 26.2. The van der Waals surface area contributed by atoms with Crippen LogP contribution < -0.4 is 0 Å². The van der Waals surface area contributed by atoms with Crippen molar-refractivity contribution >= 4 is 19.8 Å². The molecule has 0 aliphatic rings. The van der Waals surface area contributed by atoms with Gasteiger partial charge in [0.1, 0.15) is 19.8 Å². The molecule has 0 aromatic carbocycles. The summed E-state index contributed by atoms with van der Waals surface area (Å²) in [6, 6.07) is 0. The topological polar surface area (TPSA) is 108 Å². The van der Waals surface area contributed by atoms with Crippen molar-refractivity contribution in [3.8, 4) is 0 Å². The fourth-order valence-electron chi connectivity index (χ4n) is 12.1. The average Bonchev–Trinajstić information content (AvgIpc) is 3.58. The SMILES string of the molecule is CCCCCCC/C=C\C/C=C\C/C=C\CCCCCCCCCCCCCCCCCCCCC(=O)OC(COC(=O)CCCCCCCCCCCCCCCCCCCCCCCCCCCCCCCCCCC)COP(=O)(O)OCC[N+](C)(C)C. The monoisotopic (exact) mass is 1290 g/mol. The fourth-order valence-corrected chi connectivity index (χ4v) is 12.8. The number of nitrogens with zero attached hydrogens (tertiary/aromatic N) is 1. The third-order valence-corrected chi connectivity index (χ3v) is 19.2. The van der Waals surface area contributed by atoms with Gasteiger partial charge in [0.05, 0.1) is 27.7 Å². The highest BCUT2D eigenvalue weighted by Gasteiger charge is 2.27. The van der Waals surface area contributed by atoms with Gasteiger partial charge in [-0.1, -0.05) is 384 Å². The minimum Gasteiger partial charge on any atom is -0.462 e. The minimum absolute atomic E-state index is 0.0350. The number of phosphoric ester groups is 1. The number of allylic oxidation sites excluding steroid dienone is 6. The summed E-state index contributed by atoms with van der Waals surface area (Å²) in [5, 5.41) is 0. The number of unbranched alkanes of at least 4 members (excludes halogenated alkanes) is 55. The van der Waals surface area contributed by atoms with Crippen LogP contribution in [-0.2, 0) is 32.7 Å². The minimum atomic E-state index is -4.39. The van der Waals surface area contributed by atoms with Crippen LogP contribution in [0.2, 0.25) is 0 Å². The molecule has 2 unspecified atom stereocenters. The van der Waals surface area contributed by atoms with Gasteiger partial charge in [-0.2, -0.15) is 0 Å². The fraction of sp³-hybridized carbons (Fsp3) is 0.900. The lowest BCUT2D eigenvalue weighted by Crippen LogP contribution is -2.37. The second kappa shape index (κ2) is 71.5. The van der Waals surface area contributed by atoms with Crippen LogP contribution in [0.4, 0.5) is 0 Å². The maximum absolute atomic E-state index is 12.9. The van der Waals surface area contributed by atoms with Gasteiger partial charge in [0, 0.05) is 12.8 Å². The zero-order chi connectivity index (χ0) is 65.5. The van der Waals surface area contributed by atoms with E-state index < -0.39 is 26.5 Å². The van der Waals surface area contributed by atoms with Gasteiger partial charge in [-0.25, -0.2) is 4.57 Å². The molecule has 0 heterocycles. The summed E-state index contributed by atoms with van der Waals surface area (Å²) in [5.41, 5.74) is 0. The summed E-state index contributed by atoms with van der Waals surface area (Å²) < 4.78 is 34.8. The number of ether oxygens (including phenoxy) is 2. The Morgan fingerprint density at radius 3 is 0.889 bits per heavy atom. The first-order valence-corrected chi connectivity index (χ1v) is 41.2. The van der Waals surface area contributed by atoms with Gasteiger partial charge < -0.3 is 18.9 Å². The first kappa shape index (κ1) is 88.2. The van der Waals surface area contributed by atoms with E-state index in [-0.39, 0.29) is 25.6 Å². The van der Waals surface area contributed by atoms with Gasteiger partial charge in [-0.3, -0.25) is 18.6 Å². The number of rotatable bonds is 75. The second-order valence-corrected chi connectivity index (χ2v) is 29.9. The standard InChI is InChI=1S/C80H154NO8P/c1-6-8-10-12-14-16-18-20-22-24-26-28-30-32-34-36-38-40-42-44-46-48-50-52-54-56-58-60-62-64-66-68-70-72-79(82)86-76-78(77-88-90(84,85)87-75-74-81(3,4)5)89-80(83)73-71-69-67-65-63-61-59-57-55-53-51-49-47-45-43-41-39-37-35-33-31-29-27-25-23-21-19-17-15-13-11-9-7-2/h19,21,25,27,31,33,78H,6-18,20,22-24,26,28-30,32,34-77H2,1-5H3/p+1/b21-19-,27-25-,33-31-. The second-order valence-electron chi connectivity index (χ2n) is 28.5. The van der Waals surface area contributed by atoms with Crippen molar-refractivity contribution in [2.75, 3.05) is 47.5 Å². The maximum atomic E-state index is 12.9. The third-order valence-electron chi connectivity index (χ3n) is 18.2. The Balaban J connectivity index is 3.92. The van der Waals surface area contributed by atoms with Crippen molar-refractivity contribution < 1.29 is 42.1 Å². The predicted molar refractivity (Wildman–Crippen MR) is 390 cm³/mol. The average molecular weight is 1290 g/mol. The first-order valence-electron chi connectivity index (χ1n) is 39.7. The molecule has 0 bridgehead atoms. The Kier molecular flexibility index (Phi) is 70.1. The van der Waals surface area contributed by atoms with Crippen molar-refractivity contribution in [2.45, 2.75) is 418 Å². The van der Waals surface area contributed by atoms with E-state index in [9.17, 15) is 19.0 Å². The van der Waals surface area contributed by atoms with Crippen molar-refractivity contribution in [3.63, 3.8) is 0 Å².